The summed E-state index contributed by atoms with van der Waals surface area (Å²) in [5, 5.41) is 8.82. The molecule has 1 aromatic rings. The molecule has 278 valence electrons. The third-order valence-electron chi connectivity index (χ3n) is 13.3. The van der Waals surface area contributed by atoms with Crippen LogP contribution in [0.1, 0.15) is 100 Å². The van der Waals surface area contributed by atoms with Crippen LogP contribution in [0.4, 0.5) is 0 Å². The normalized spacial score (nSPS) is 30.4. The molecule has 2 heterocycles. The second-order valence-corrected chi connectivity index (χ2v) is 19.1. The Morgan fingerprint density at radius 2 is 1.63 bits per heavy atom. The van der Waals surface area contributed by atoms with Crippen molar-refractivity contribution in [2.45, 2.75) is 97.2 Å². The van der Waals surface area contributed by atoms with Crippen molar-refractivity contribution in [1.82, 2.24) is 29.9 Å². The van der Waals surface area contributed by atoms with Gasteiger partial charge in [-0.3, -0.25) is 19.2 Å². The van der Waals surface area contributed by atoms with Gasteiger partial charge in [0.1, 0.15) is 22.0 Å². The van der Waals surface area contributed by atoms with Crippen LogP contribution in [0.3, 0.4) is 0 Å². The van der Waals surface area contributed by atoms with Gasteiger partial charge >= 0.3 is 0 Å². The Labute approximate surface area is 303 Å². The Balaban J connectivity index is 1.29. The van der Waals surface area contributed by atoms with Crippen molar-refractivity contribution < 1.29 is 23.4 Å². The number of carbonyl (C=O) groups is 4. The maximum atomic E-state index is 14.9. The van der Waals surface area contributed by atoms with E-state index in [9.17, 15) is 23.4 Å². The van der Waals surface area contributed by atoms with Crippen molar-refractivity contribution in [3.63, 3.8) is 0 Å². The van der Waals surface area contributed by atoms with Gasteiger partial charge in [-0.15, -0.1) is 6.58 Å². The number of fused-ring (bicyclic) bond motifs is 1. The van der Waals surface area contributed by atoms with Crippen molar-refractivity contribution in [2.75, 3.05) is 26.7 Å². The first-order valence-corrected chi connectivity index (χ1v) is 20.0. The van der Waals surface area contributed by atoms with Crippen LogP contribution in [0.15, 0.2) is 49.2 Å². The molecule has 3 aliphatic carbocycles. The summed E-state index contributed by atoms with van der Waals surface area (Å²) in [5.74, 6) is 2.46. The highest BCUT2D eigenvalue weighted by atomic mass is 32.2. The topological polar surface area (TPSA) is 140 Å². The van der Waals surface area contributed by atoms with E-state index >= 15 is 0 Å². The fourth-order valence-corrected chi connectivity index (χ4v) is 11.4. The summed E-state index contributed by atoms with van der Waals surface area (Å²) in [4.78, 5) is 57.2. The number of amides is 4. The predicted molar refractivity (Wildman–Crippen MR) is 201 cm³/mol. The van der Waals surface area contributed by atoms with Crippen molar-refractivity contribution in [3.05, 3.63) is 60.3 Å². The Morgan fingerprint density at radius 1 is 1.00 bits per heavy atom. The van der Waals surface area contributed by atoms with Gasteiger partial charge in [-0.05, 0) is 78.8 Å². The maximum absolute atomic E-state index is 14.9. The SMILES string of the molecule is C=C[C@@H]1C[C@]1(NC(=O)C1C[C@@]2(CN1C(=O)[C@@H](NC(=O)c1cccc(C(=O)NC)c1)C(C)(C)C)C(C)(C)C21CCC1)C(=C)NS(=C)(=O)N1CCCC1. The predicted octanol–water partition coefficient (Wildman–Crippen LogP) is 3.79. The van der Waals surface area contributed by atoms with Crippen molar-refractivity contribution in [1.29, 1.82) is 0 Å². The molecule has 12 heteroatoms. The van der Waals surface area contributed by atoms with Crippen molar-refractivity contribution in [3.8, 4) is 0 Å². The quantitative estimate of drug-likeness (QED) is 0.204. The Hall–Kier alpha value is -3.64. The average molecular weight is 721 g/mol. The van der Waals surface area contributed by atoms with Gasteiger partial charge in [-0.2, -0.15) is 0 Å². The van der Waals surface area contributed by atoms with Gasteiger partial charge in [0.25, 0.3) is 11.8 Å². The molecule has 2 saturated heterocycles. The number of hydrogen-bond donors (Lipinski definition) is 4. The smallest absolute Gasteiger partial charge is 0.251 e. The van der Waals surface area contributed by atoms with Crippen molar-refractivity contribution in [2.24, 2.45) is 27.6 Å². The molecule has 0 aromatic heterocycles. The van der Waals surface area contributed by atoms with E-state index in [-0.39, 0.29) is 45.4 Å². The number of benzene rings is 1. The lowest BCUT2D eigenvalue weighted by molar-refractivity contribution is -0.142. The lowest BCUT2D eigenvalue weighted by atomic mass is 9.73. The van der Waals surface area contributed by atoms with E-state index in [1.807, 2.05) is 25.1 Å². The molecular weight excluding hydrogens is 665 g/mol. The van der Waals surface area contributed by atoms with Gasteiger partial charge in [0.05, 0.1) is 5.54 Å². The van der Waals surface area contributed by atoms with E-state index in [1.54, 1.807) is 29.2 Å². The van der Waals surface area contributed by atoms with Crippen LogP contribution < -0.4 is 20.7 Å². The summed E-state index contributed by atoms with van der Waals surface area (Å²) in [6.07, 6.45) is 7.99. The van der Waals surface area contributed by atoms with Gasteiger partial charge in [0.2, 0.25) is 11.8 Å². The van der Waals surface area contributed by atoms with Crippen LogP contribution >= 0.6 is 0 Å². The highest BCUT2D eigenvalue weighted by Crippen LogP contribution is 2.88. The standard InChI is InChI=1S/C39H56N6O5S/c1-10-28-22-39(28,25(2)43-51(9,50)44-19-11-12-20-44)42-33(48)29-23-38(36(6,7)37(38)17-14-18-37)24-45(29)34(49)30(35(3,4)5)41-32(47)27-16-13-15-26(21-27)31(46)40-8/h10,13,15-16,21,28-30H,1-2,9,11-12,14,17-20,22-24H2,3-8H3,(H,40,46)(H,41,47)(H,42,48)(H,43,50)/t28-,29?,30-,38-,39+,51?/m1/s1. The zero-order chi connectivity index (χ0) is 37.4. The first kappa shape index (κ1) is 37.1. The van der Waals surface area contributed by atoms with E-state index in [0.717, 1.165) is 32.1 Å². The summed E-state index contributed by atoms with van der Waals surface area (Å²) >= 11 is 0. The molecule has 3 saturated carbocycles. The number of hydrogen-bond acceptors (Lipinski definition) is 5. The summed E-state index contributed by atoms with van der Waals surface area (Å²) in [6.45, 7) is 20.2. The van der Waals surface area contributed by atoms with Crippen LogP contribution in [0.2, 0.25) is 0 Å². The van der Waals surface area contributed by atoms with Gasteiger partial charge in [0.15, 0.2) is 0 Å². The minimum Gasteiger partial charge on any atom is -0.355 e. The first-order chi connectivity index (χ1) is 23.8. The zero-order valence-corrected chi connectivity index (χ0v) is 32.0. The molecule has 11 nitrogen and oxygen atoms in total. The molecule has 1 aromatic carbocycles. The lowest BCUT2D eigenvalue weighted by Crippen LogP contribution is -2.59. The molecule has 5 fully saturated rings. The molecular formula is C39H56N6O5S. The third kappa shape index (κ3) is 5.81. The summed E-state index contributed by atoms with van der Waals surface area (Å²) in [7, 11) is -1.32. The second-order valence-electron chi connectivity index (χ2n) is 17.1. The second kappa shape index (κ2) is 12.5. The van der Waals surface area contributed by atoms with E-state index in [4.69, 9.17) is 0 Å². The van der Waals surface area contributed by atoms with Gasteiger partial charge in [-0.25, -0.2) is 8.51 Å². The number of nitrogens with zero attached hydrogens (tertiary/aromatic N) is 2. The van der Waals surface area contributed by atoms with Crippen LogP contribution in [0.5, 0.6) is 0 Å². The molecule has 2 aliphatic heterocycles. The third-order valence-corrected chi connectivity index (χ3v) is 15.1. The van der Waals surface area contributed by atoms with E-state index in [2.05, 4.69) is 53.5 Å². The minimum atomic E-state index is -2.85. The number of nitrogens with one attached hydrogen (secondary N) is 4. The van der Waals surface area contributed by atoms with Crippen LogP contribution in [0.25, 0.3) is 0 Å². The molecule has 0 radical (unpaired) electrons. The molecule has 51 heavy (non-hydrogen) atoms. The molecule has 6 rings (SSSR count). The highest BCUT2D eigenvalue weighted by Gasteiger charge is 2.85. The van der Waals surface area contributed by atoms with Gasteiger partial charge < -0.3 is 25.6 Å². The Morgan fingerprint density at radius 3 is 2.14 bits per heavy atom. The number of likely N-dealkylation sites (tertiary alicyclic amines) is 1. The fraction of sp³-hybridized carbons (Fsp3) is 0.615. The van der Waals surface area contributed by atoms with Crippen LogP contribution in [0, 0.1) is 27.6 Å². The Kier molecular flexibility index (Phi) is 9.10. The fourth-order valence-electron chi connectivity index (χ4n) is 9.81. The van der Waals surface area contributed by atoms with Gasteiger partial charge in [-0.1, -0.05) is 59.8 Å². The molecule has 6 atom stereocenters. The minimum absolute atomic E-state index is 0.0617. The average Bonchev–Trinajstić information content (AvgIpc) is 3.52. The molecule has 5 aliphatic rings. The van der Waals surface area contributed by atoms with E-state index in [1.165, 1.54) is 13.1 Å². The largest absolute Gasteiger partial charge is 0.355 e. The number of carbonyl (C=O) groups excluding carboxylic acids is 4. The summed E-state index contributed by atoms with van der Waals surface area (Å²) in [5.41, 5.74) is -0.821. The maximum Gasteiger partial charge on any atom is 0.251 e. The zero-order valence-electron chi connectivity index (χ0n) is 31.2. The van der Waals surface area contributed by atoms with Crippen LogP contribution in [-0.2, 0) is 19.5 Å². The van der Waals surface area contributed by atoms with Crippen LogP contribution in [-0.4, -0.2) is 87.2 Å². The molecule has 0 bridgehead atoms. The van der Waals surface area contributed by atoms with E-state index < -0.39 is 38.8 Å². The highest BCUT2D eigenvalue weighted by molar-refractivity contribution is 7.96. The monoisotopic (exact) mass is 720 g/mol. The van der Waals surface area contributed by atoms with Crippen molar-refractivity contribution >= 4 is 39.4 Å². The Bertz CT molecular complexity index is 1770. The first-order valence-electron chi connectivity index (χ1n) is 18.3. The summed E-state index contributed by atoms with van der Waals surface area (Å²) in [6, 6.07) is 4.64. The summed E-state index contributed by atoms with van der Waals surface area (Å²) < 4.78 is 18.6. The lowest BCUT2D eigenvalue weighted by Gasteiger charge is -2.36. The number of rotatable bonds is 11. The van der Waals surface area contributed by atoms with Gasteiger partial charge in [0, 0.05) is 54.8 Å². The molecule has 2 unspecified atom stereocenters. The molecule has 4 amide bonds. The molecule has 2 spiro atoms. The molecule has 4 N–H and O–H groups in total. The van der Waals surface area contributed by atoms with E-state index in [0.29, 0.717) is 43.7 Å².